The molecule has 20 heavy (non-hydrogen) atoms. The molecule has 0 saturated carbocycles. The quantitative estimate of drug-likeness (QED) is 0.770. The zero-order valence-electron chi connectivity index (χ0n) is 10.6. The Morgan fingerprint density at radius 1 is 1.35 bits per heavy atom. The van der Waals surface area contributed by atoms with Gasteiger partial charge in [-0.05, 0) is 57.6 Å². The fraction of sp³-hybridized carbons (Fsp3) is 0.0714. The molecule has 0 aliphatic carbocycles. The third kappa shape index (κ3) is 2.57. The van der Waals surface area contributed by atoms with Crippen molar-refractivity contribution in [1.82, 2.24) is 15.0 Å². The summed E-state index contributed by atoms with van der Waals surface area (Å²) in [4.78, 5) is 24.1. The van der Waals surface area contributed by atoms with Crippen molar-refractivity contribution in [1.29, 1.82) is 0 Å². The molecule has 0 saturated heterocycles. The molecule has 3 aromatic rings. The lowest BCUT2D eigenvalue weighted by molar-refractivity contribution is 1.15. The molecule has 0 spiro atoms. The van der Waals surface area contributed by atoms with E-state index in [1.165, 1.54) is 11.3 Å². The highest BCUT2D eigenvalue weighted by molar-refractivity contribution is 9.10. The highest BCUT2D eigenvalue weighted by Gasteiger charge is 2.06. The van der Waals surface area contributed by atoms with Gasteiger partial charge in [0.05, 0.1) is 5.39 Å². The zero-order chi connectivity index (χ0) is 14.1. The summed E-state index contributed by atoms with van der Waals surface area (Å²) >= 11 is 4.85. The molecule has 0 aliphatic rings. The number of aromatic nitrogens is 3. The maximum absolute atomic E-state index is 12.0. The molecule has 3 rings (SSSR count). The van der Waals surface area contributed by atoms with Gasteiger partial charge in [-0.2, -0.15) is 0 Å². The molecule has 3 heterocycles. The van der Waals surface area contributed by atoms with Gasteiger partial charge in [0.2, 0.25) is 0 Å². The van der Waals surface area contributed by atoms with Crippen LogP contribution in [0.2, 0.25) is 0 Å². The Bertz CT molecular complexity index is 866. The number of hydrogen-bond acceptors (Lipinski definition) is 4. The van der Waals surface area contributed by atoms with Gasteiger partial charge in [0.15, 0.2) is 0 Å². The molecule has 100 valence electrons. The van der Waals surface area contributed by atoms with Crippen LogP contribution in [0.5, 0.6) is 0 Å². The number of halogens is 1. The first kappa shape index (κ1) is 13.2. The lowest BCUT2D eigenvalue weighted by Crippen LogP contribution is -2.08. The lowest BCUT2D eigenvalue weighted by Gasteiger charge is -1.96. The third-order valence-corrected chi connectivity index (χ3v) is 4.23. The Labute approximate surface area is 127 Å². The van der Waals surface area contributed by atoms with Crippen LogP contribution >= 0.6 is 27.3 Å². The summed E-state index contributed by atoms with van der Waals surface area (Å²) in [7, 11) is 0. The summed E-state index contributed by atoms with van der Waals surface area (Å²) in [6.07, 6.45) is 7.10. The van der Waals surface area contributed by atoms with E-state index in [4.69, 9.17) is 0 Å². The van der Waals surface area contributed by atoms with Crippen LogP contribution < -0.4 is 5.56 Å². The molecular weight excluding hydrogens is 338 g/mol. The van der Waals surface area contributed by atoms with E-state index in [9.17, 15) is 4.79 Å². The van der Waals surface area contributed by atoms with Crippen molar-refractivity contribution in [3.05, 3.63) is 55.6 Å². The number of aryl methyl sites for hydroxylation is 1. The fourth-order valence-corrected chi connectivity index (χ4v) is 3.19. The number of fused-ring (bicyclic) bond motifs is 1. The number of H-pyrrole nitrogens is 1. The van der Waals surface area contributed by atoms with E-state index >= 15 is 0 Å². The molecule has 0 atom stereocenters. The van der Waals surface area contributed by atoms with E-state index < -0.39 is 0 Å². The minimum absolute atomic E-state index is 0.0965. The lowest BCUT2D eigenvalue weighted by atomic mass is 10.2. The van der Waals surface area contributed by atoms with Crippen LogP contribution in [0, 0.1) is 6.92 Å². The van der Waals surface area contributed by atoms with Crippen LogP contribution in [0.15, 0.2) is 33.1 Å². The van der Waals surface area contributed by atoms with E-state index in [0.717, 1.165) is 20.4 Å². The number of nitrogens with one attached hydrogen (secondary N) is 1. The predicted molar refractivity (Wildman–Crippen MR) is 85.8 cm³/mol. The number of pyridine rings is 1. The summed E-state index contributed by atoms with van der Waals surface area (Å²) in [6, 6.07) is 1.94. The standard InChI is InChI=1S/C14H10BrN3OS/c1-8-7-20-14-12(8)13(19)17-11(18-14)3-2-9-4-10(15)6-16-5-9/h2-7H,1H3,(H,17,18,19)/b3-2+. The van der Waals surface area contributed by atoms with Crippen molar-refractivity contribution in [2.75, 3.05) is 0 Å². The molecule has 0 radical (unpaired) electrons. The van der Waals surface area contributed by atoms with Crippen molar-refractivity contribution >= 4 is 49.6 Å². The second-order valence-corrected chi connectivity index (χ2v) is 6.09. The first-order valence-electron chi connectivity index (χ1n) is 5.90. The van der Waals surface area contributed by atoms with Gasteiger partial charge in [0.25, 0.3) is 5.56 Å². The highest BCUT2D eigenvalue weighted by Crippen LogP contribution is 2.20. The van der Waals surface area contributed by atoms with E-state index in [2.05, 4.69) is 30.9 Å². The highest BCUT2D eigenvalue weighted by atomic mass is 79.9. The molecule has 0 bridgehead atoms. The van der Waals surface area contributed by atoms with E-state index in [1.54, 1.807) is 18.5 Å². The first-order chi connectivity index (χ1) is 9.63. The normalized spacial score (nSPS) is 11.5. The maximum atomic E-state index is 12.0. The third-order valence-electron chi connectivity index (χ3n) is 2.81. The fourth-order valence-electron chi connectivity index (χ4n) is 1.88. The summed E-state index contributed by atoms with van der Waals surface area (Å²) in [5, 5.41) is 2.62. The Hall–Kier alpha value is -1.79. The molecule has 0 amide bonds. The SMILES string of the molecule is Cc1csc2nc(/C=C/c3cncc(Br)c3)[nH]c(=O)c12. The van der Waals surface area contributed by atoms with Crippen molar-refractivity contribution in [2.24, 2.45) is 0 Å². The molecule has 3 aromatic heterocycles. The number of nitrogens with zero attached hydrogens (tertiary/aromatic N) is 2. The molecule has 0 aromatic carbocycles. The topological polar surface area (TPSA) is 58.6 Å². The number of aromatic amines is 1. The van der Waals surface area contributed by atoms with Crippen LogP contribution in [0.3, 0.4) is 0 Å². The molecule has 4 nitrogen and oxygen atoms in total. The summed E-state index contributed by atoms with van der Waals surface area (Å²) < 4.78 is 0.908. The Morgan fingerprint density at radius 2 is 2.20 bits per heavy atom. The van der Waals surface area contributed by atoms with E-state index in [1.807, 2.05) is 24.4 Å². The van der Waals surface area contributed by atoms with Gasteiger partial charge in [-0.1, -0.05) is 0 Å². The van der Waals surface area contributed by atoms with Crippen LogP contribution in [0.25, 0.3) is 22.4 Å². The zero-order valence-corrected chi connectivity index (χ0v) is 13.0. The maximum Gasteiger partial charge on any atom is 0.260 e. The van der Waals surface area contributed by atoms with Gasteiger partial charge in [0, 0.05) is 16.9 Å². The van der Waals surface area contributed by atoms with Crippen molar-refractivity contribution in [3.63, 3.8) is 0 Å². The minimum atomic E-state index is -0.0965. The largest absolute Gasteiger partial charge is 0.306 e. The Morgan fingerprint density at radius 3 is 3.00 bits per heavy atom. The Balaban J connectivity index is 2.01. The van der Waals surface area contributed by atoms with Gasteiger partial charge < -0.3 is 4.98 Å². The average Bonchev–Trinajstić information content (AvgIpc) is 2.79. The van der Waals surface area contributed by atoms with Crippen LogP contribution in [-0.2, 0) is 0 Å². The number of hydrogen-bond donors (Lipinski definition) is 1. The minimum Gasteiger partial charge on any atom is -0.306 e. The first-order valence-corrected chi connectivity index (χ1v) is 7.57. The van der Waals surface area contributed by atoms with E-state index in [-0.39, 0.29) is 5.56 Å². The van der Waals surface area contributed by atoms with Gasteiger partial charge in [-0.25, -0.2) is 4.98 Å². The van der Waals surface area contributed by atoms with Crippen LogP contribution in [0.1, 0.15) is 17.0 Å². The smallest absolute Gasteiger partial charge is 0.260 e. The predicted octanol–water partition coefficient (Wildman–Crippen LogP) is 3.62. The Kier molecular flexibility index (Phi) is 3.50. The second-order valence-electron chi connectivity index (χ2n) is 4.32. The number of rotatable bonds is 2. The molecule has 0 fully saturated rings. The summed E-state index contributed by atoms with van der Waals surface area (Å²) in [5.74, 6) is 0.546. The van der Waals surface area contributed by atoms with Gasteiger partial charge in [-0.15, -0.1) is 11.3 Å². The van der Waals surface area contributed by atoms with Crippen molar-refractivity contribution in [3.8, 4) is 0 Å². The van der Waals surface area contributed by atoms with Crippen molar-refractivity contribution in [2.45, 2.75) is 6.92 Å². The van der Waals surface area contributed by atoms with Crippen LogP contribution in [-0.4, -0.2) is 15.0 Å². The average molecular weight is 348 g/mol. The summed E-state index contributed by atoms with van der Waals surface area (Å²) in [6.45, 7) is 1.92. The van der Waals surface area contributed by atoms with Crippen LogP contribution in [0.4, 0.5) is 0 Å². The summed E-state index contributed by atoms with van der Waals surface area (Å²) in [5.41, 5.74) is 1.80. The van der Waals surface area contributed by atoms with E-state index in [0.29, 0.717) is 11.2 Å². The van der Waals surface area contributed by atoms with Gasteiger partial charge in [-0.3, -0.25) is 9.78 Å². The number of thiophene rings is 1. The molecule has 0 unspecified atom stereocenters. The molecule has 0 aliphatic heterocycles. The molecular formula is C14H10BrN3OS. The molecule has 6 heteroatoms. The van der Waals surface area contributed by atoms with Gasteiger partial charge >= 0.3 is 0 Å². The second kappa shape index (κ2) is 5.30. The molecule has 1 N–H and O–H groups in total. The van der Waals surface area contributed by atoms with Crippen molar-refractivity contribution < 1.29 is 0 Å². The monoisotopic (exact) mass is 347 g/mol. The van der Waals surface area contributed by atoms with Gasteiger partial charge in [0.1, 0.15) is 10.7 Å².